The number of likely N-dealkylation sites (tertiary alicyclic amines) is 1. The Kier molecular flexibility index (Phi) is 8.90. The molecule has 0 radical (unpaired) electrons. The lowest BCUT2D eigenvalue weighted by Crippen LogP contribution is -2.40. The second-order valence-electron chi connectivity index (χ2n) is 8.88. The van der Waals surface area contributed by atoms with Crippen LogP contribution in [0.3, 0.4) is 0 Å². The van der Waals surface area contributed by atoms with Crippen LogP contribution in [-0.2, 0) is 27.9 Å². The molecule has 36 heavy (non-hydrogen) atoms. The van der Waals surface area contributed by atoms with Crippen LogP contribution in [0.4, 0.5) is 5.69 Å². The number of carbonyl (C=O) groups excluding carboxylic acids is 1. The highest BCUT2D eigenvalue weighted by molar-refractivity contribution is 7.92. The summed E-state index contributed by atoms with van der Waals surface area (Å²) in [6.07, 6.45) is 3.76. The molecule has 1 aliphatic heterocycles. The molecule has 0 bridgehead atoms. The fraction of sp³-hybridized carbons (Fsp3) is 0.296. The van der Waals surface area contributed by atoms with Crippen molar-refractivity contribution in [2.75, 3.05) is 23.9 Å². The maximum Gasteiger partial charge on any atom is 0.264 e. The van der Waals surface area contributed by atoms with Gasteiger partial charge >= 0.3 is 0 Å². The van der Waals surface area contributed by atoms with E-state index in [0.717, 1.165) is 29.5 Å². The molecule has 190 valence electrons. The molecule has 0 saturated carbocycles. The summed E-state index contributed by atoms with van der Waals surface area (Å²) in [5.41, 5.74) is 2.47. The van der Waals surface area contributed by atoms with Gasteiger partial charge in [0.05, 0.1) is 10.6 Å². The van der Waals surface area contributed by atoms with Gasteiger partial charge in [-0.2, -0.15) is 0 Å². The summed E-state index contributed by atoms with van der Waals surface area (Å²) in [7, 11) is -4.04. The maximum atomic E-state index is 13.5. The smallest absolute Gasteiger partial charge is 0.264 e. The van der Waals surface area contributed by atoms with Gasteiger partial charge in [-0.25, -0.2) is 8.42 Å². The average molecular weight is 547 g/mol. The highest BCUT2D eigenvalue weighted by Gasteiger charge is 2.27. The standard InChI is InChI=1S/C27H29Cl2N3O3S/c28-23-10-12-26(13-11-23)36(34,35)32(25-9-5-8-24(29)17-25)20-27(33)30-18-21-6-4-7-22(16-21)19-31-14-2-1-3-15-31/h4-13,16-17H,1-3,14-15,18-20H2,(H,30,33). The summed E-state index contributed by atoms with van der Waals surface area (Å²) < 4.78 is 28.0. The predicted octanol–water partition coefficient (Wildman–Crippen LogP) is 5.49. The number of anilines is 1. The normalized spacial score (nSPS) is 14.4. The Balaban J connectivity index is 1.47. The van der Waals surface area contributed by atoms with Gasteiger partial charge in [0.2, 0.25) is 5.91 Å². The first kappa shape index (κ1) is 26.5. The summed E-state index contributed by atoms with van der Waals surface area (Å²) in [6, 6.07) is 20.4. The number of carbonyl (C=O) groups is 1. The number of nitrogens with zero attached hydrogens (tertiary/aromatic N) is 2. The van der Waals surface area contributed by atoms with Crippen molar-refractivity contribution in [1.82, 2.24) is 10.2 Å². The molecule has 3 aromatic rings. The van der Waals surface area contributed by atoms with Crippen LogP contribution in [-0.4, -0.2) is 38.9 Å². The topological polar surface area (TPSA) is 69.7 Å². The quantitative estimate of drug-likeness (QED) is 0.386. The number of amides is 1. The molecule has 1 N–H and O–H groups in total. The summed E-state index contributed by atoms with van der Waals surface area (Å²) >= 11 is 12.1. The van der Waals surface area contributed by atoms with Gasteiger partial charge in [0, 0.05) is 23.1 Å². The monoisotopic (exact) mass is 545 g/mol. The Morgan fingerprint density at radius 1 is 0.861 bits per heavy atom. The van der Waals surface area contributed by atoms with Crippen LogP contribution < -0.4 is 9.62 Å². The van der Waals surface area contributed by atoms with E-state index in [1.54, 1.807) is 18.2 Å². The first-order chi connectivity index (χ1) is 17.3. The summed E-state index contributed by atoms with van der Waals surface area (Å²) in [4.78, 5) is 15.4. The van der Waals surface area contributed by atoms with Crippen molar-refractivity contribution in [1.29, 1.82) is 0 Å². The Labute approximate surface area is 222 Å². The summed E-state index contributed by atoms with van der Waals surface area (Å²) in [6.45, 7) is 3.03. The number of nitrogens with one attached hydrogen (secondary N) is 1. The van der Waals surface area contributed by atoms with Crippen molar-refractivity contribution in [2.24, 2.45) is 0 Å². The van der Waals surface area contributed by atoms with Gasteiger partial charge in [-0.05, 0) is 79.5 Å². The van der Waals surface area contributed by atoms with Crippen LogP contribution in [0.15, 0.2) is 77.7 Å². The molecule has 9 heteroatoms. The zero-order valence-corrected chi connectivity index (χ0v) is 22.2. The van der Waals surface area contributed by atoms with Gasteiger partial charge in [-0.15, -0.1) is 0 Å². The number of piperidine rings is 1. The van der Waals surface area contributed by atoms with Gasteiger partial charge in [0.25, 0.3) is 10.0 Å². The van der Waals surface area contributed by atoms with Crippen LogP contribution >= 0.6 is 23.2 Å². The Morgan fingerprint density at radius 2 is 1.56 bits per heavy atom. The van der Waals surface area contributed by atoms with Crippen molar-refractivity contribution < 1.29 is 13.2 Å². The fourth-order valence-corrected chi connectivity index (χ4v) is 6.00. The minimum absolute atomic E-state index is 0.0325. The lowest BCUT2D eigenvalue weighted by atomic mass is 10.1. The SMILES string of the molecule is O=C(CN(c1cccc(Cl)c1)S(=O)(=O)c1ccc(Cl)cc1)NCc1cccc(CN2CCCCC2)c1. The third-order valence-electron chi connectivity index (χ3n) is 6.12. The van der Waals surface area contributed by atoms with E-state index in [9.17, 15) is 13.2 Å². The summed E-state index contributed by atoms with van der Waals surface area (Å²) in [5, 5.41) is 3.65. The highest BCUT2D eigenvalue weighted by Crippen LogP contribution is 2.27. The molecule has 0 atom stereocenters. The van der Waals surface area contributed by atoms with E-state index >= 15 is 0 Å². The molecule has 1 fully saturated rings. The van der Waals surface area contributed by atoms with E-state index in [4.69, 9.17) is 23.2 Å². The zero-order chi connectivity index (χ0) is 25.5. The summed E-state index contributed by atoms with van der Waals surface area (Å²) in [5.74, 6) is -0.422. The second-order valence-corrected chi connectivity index (χ2v) is 11.6. The number of sulfonamides is 1. The lowest BCUT2D eigenvalue weighted by Gasteiger charge is -2.26. The van der Waals surface area contributed by atoms with E-state index in [-0.39, 0.29) is 4.90 Å². The largest absolute Gasteiger partial charge is 0.350 e. The van der Waals surface area contributed by atoms with Gasteiger partial charge < -0.3 is 5.32 Å². The Morgan fingerprint density at radius 3 is 2.28 bits per heavy atom. The van der Waals surface area contributed by atoms with Crippen LogP contribution in [0.1, 0.15) is 30.4 Å². The molecule has 1 heterocycles. The van der Waals surface area contributed by atoms with Crippen molar-refractivity contribution in [3.05, 3.63) is 94.0 Å². The Hall–Kier alpha value is -2.58. The minimum atomic E-state index is -4.04. The molecule has 0 unspecified atom stereocenters. The first-order valence-electron chi connectivity index (χ1n) is 11.9. The maximum absolute atomic E-state index is 13.5. The number of benzene rings is 3. The van der Waals surface area contributed by atoms with E-state index < -0.39 is 22.5 Å². The van der Waals surface area contributed by atoms with Gasteiger partial charge in [0.15, 0.2) is 0 Å². The molecule has 1 amide bonds. The third kappa shape index (κ3) is 7.01. The predicted molar refractivity (Wildman–Crippen MR) is 145 cm³/mol. The molecule has 1 saturated heterocycles. The molecule has 0 aliphatic carbocycles. The third-order valence-corrected chi connectivity index (χ3v) is 8.40. The van der Waals surface area contributed by atoms with E-state index in [0.29, 0.717) is 22.3 Å². The van der Waals surface area contributed by atoms with Crippen molar-refractivity contribution in [3.8, 4) is 0 Å². The van der Waals surface area contributed by atoms with E-state index in [1.165, 1.54) is 55.2 Å². The molecule has 1 aliphatic rings. The van der Waals surface area contributed by atoms with Crippen LogP contribution in [0, 0.1) is 0 Å². The molecular formula is C27H29Cl2N3O3S. The number of hydrogen-bond donors (Lipinski definition) is 1. The number of hydrogen-bond acceptors (Lipinski definition) is 4. The van der Waals surface area contributed by atoms with Crippen molar-refractivity contribution in [2.45, 2.75) is 37.2 Å². The van der Waals surface area contributed by atoms with Gasteiger partial charge in [-0.3, -0.25) is 14.0 Å². The molecule has 0 spiro atoms. The highest BCUT2D eigenvalue weighted by atomic mass is 35.5. The number of halogens is 2. The van der Waals surface area contributed by atoms with Crippen LogP contribution in [0.25, 0.3) is 0 Å². The second kappa shape index (κ2) is 12.1. The first-order valence-corrected chi connectivity index (χ1v) is 14.1. The van der Waals surface area contributed by atoms with Crippen LogP contribution in [0.2, 0.25) is 10.0 Å². The Bertz CT molecular complexity index is 1290. The van der Waals surface area contributed by atoms with Crippen molar-refractivity contribution in [3.63, 3.8) is 0 Å². The zero-order valence-electron chi connectivity index (χ0n) is 19.9. The van der Waals surface area contributed by atoms with Crippen molar-refractivity contribution >= 4 is 44.8 Å². The number of rotatable bonds is 9. The van der Waals surface area contributed by atoms with Crippen LogP contribution in [0.5, 0.6) is 0 Å². The molecule has 4 rings (SSSR count). The molecule has 0 aromatic heterocycles. The van der Waals surface area contributed by atoms with E-state index in [2.05, 4.69) is 22.3 Å². The van der Waals surface area contributed by atoms with Gasteiger partial charge in [0.1, 0.15) is 6.54 Å². The van der Waals surface area contributed by atoms with Gasteiger partial charge in [-0.1, -0.05) is 60.0 Å². The molecule has 6 nitrogen and oxygen atoms in total. The molecular weight excluding hydrogens is 517 g/mol. The lowest BCUT2D eigenvalue weighted by molar-refractivity contribution is -0.119. The average Bonchev–Trinajstić information content (AvgIpc) is 2.87. The molecule has 3 aromatic carbocycles. The van der Waals surface area contributed by atoms with E-state index in [1.807, 2.05) is 12.1 Å². The minimum Gasteiger partial charge on any atom is -0.350 e. The fourth-order valence-electron chi connectivity index (χ4n) is 4.28.